The van der Waals surface area contributed by atoms with Crippen molar-refractivity contribution in [3.63, 3.8) is 0 Å². The Hall–Kier alpha value is -2.08. The average molecular weight is 398 g/mol. The van der Waals surface area contributed by atoms with E-state index in [0.29, 0.717) is 10.7 Å². The smallest absolute Gasteiger partial charge is 0.255 e. The van der Waals surface area contributed by atoms with Crippen LogP contribution in [0.25, 0.3) is 10.9 Å². The van der Waals surface area contributed by atoms with Crippen molar-refractivity contribution >= 4 is 45.9 Å². The Morgan fingerprint density at radius 1 is 1.11 bits per heavy atom. The number of benzene rings is 2. The number of pyridine rings is 1. The predicted molar refractivity (Wildman–Crippen MR) is 114 cm³/mol. The molecule has 138 valence electrons. The molecule has 4 nitrogen and oxygen atoms in total. The van der Waals surface area contributed by atoms with Gasteiger partial charge in [0.1, 0.15) is 5.15 Å². The summed E-state index contributed by atoms with van der Waals surface area (Å²) in [6, 6.07) is 17.1. The molecule has 4 rings (SSSR count). The molecule has 1 N–H and O–H groups in total. The summed E-state index contributed by atoms with van der Waals surface area (Å²) in [7, 11) is 0. The molecular weight excluding hydrogens is 378 g/mol. The number of nitrogens with zero attached hydrogens (tertiary/aromatic N) is 2. The maximum Gasteiger partial charge on any atom is 0.255 e. The van der Waals surface area contributed by atoms with Gasteiger partial charge in [-0.2, -0.15) is 11.8 Å². The van der Waals surface area contributed by atoms with Crippen LogP contribution in [0.3, 0.4) is 0 Å². The molecular formula is C21H20ClN3OS. The molecule has 6 heteroatoms. The molecule has 1 saturated heterocycles. The molecule has 0 unspecified atom stereocenters. The van der Waals surface area contributed by atoms with Crippen molar-refractivity contribution < 1.29 is 4.79 Å². The maximum atomic E-state index is 12.7. The summed E-state index contributed by atoms with van der Waals surface area (Å²) in [5.41, 5.74) is 3.42. The fourth-order valence-corrected chi connectivity index (χ4v) is 4.34. The van der Waals surface area contributed by atoms with Crippen molar-refractivity contribution in [1.82, 2.24) is 9.88 Å². The van der Waals surface area contributed by atoms with Gasteiger partial charge in [-0.3, -0.25) is 9.69 Å². The third kappa shape index (κ3) is 4.61. The van der Waals surface area contributed by atoms with Crippen LogP contribution in [0.15, 0.2) is 54.6 Å². The molecule has 0 saturated carbocycles. The van der Waals surface area contributed by atoms with Crippen LogP contribution in [0.2, 0.25) is 5.15 Å². The van der Waals surface area contributed by atoms with Crippen LogP contribution in [0.1, 0.15) is 15.9 Å². The van der Waals surface area contributed by atoms with Crippen LogP contribution in [-0.2, 0) is 6.54 Å². The van der Waals surface area contributed by atoms with Crippen molar-refractivity contribution in [2.75, 3.05) is 29.9 Å². The number of hydrogen-bond acceptors (Lipinski definition) is 4. The first-order valence-corrected chi connectivity index (χ1v) is 10.5. The molecule has 0 bridgehead atoms. The lowest BCUT2D eigenvalue weighted by atomic mass is 10.1. The second-order valence-corrected chi connectivity index (χ2v) is 8.20. The molecule has 1 aliphatic heterocycles. The number of anilines is 1. The summed E-state index contributed by atoms with van der Waals surface area (Å²) in [5.74, 6) is 2.26. The Morgan fingerprint density at radius 3 is 2.81 bits per heavy atom. The maximum absolute atomic E-state index is 12.7. The van der Waals surface area contributed by atoms with Gasteiger partial charge in [0.05, 0.1) is 5.52 Å². The second kappa shape index (κ2) is 8.30. The van der Waals surface area contributed by atoms with Crippen LogP contribution in [0.5, 0.6) is 0 Å². The van der Waals surface area contributed by atoms with Crippen LogP contribution < -0.4 is 5.32 Å². The van der Waals surface area contributed by atoms with Crippen molar-refractivity contribution in [2.24, 2.45) is 0 Å². The van der Waals surface area contributed by atoms with Gasteiger partial charge in [-0.25, -0.2) is 4.98 Å². The van der Waals surface area contributed by atoms with E-state index in [4.69, 9.17) is 11.6 Å². The Labute approximate surface area is 167 Å². The predicted octanol–water partition coefficient (Wildman–Crippen LogP) is 4.69. The van der Waals surface area contributed by atoms with E-state index in [-0.39, 0.29) is 5.91 Å². The lowest BCUT2D eigenvalue weighted by molar-refractivity contribution is 0.102. The van der Waals surface area contributed by atoms with Gasteiger partial charge < -0.3 is 5.32 Å². The number of carbonyl (C=O) groups is 1. The van der Waals surface area contributed by atoms with Crippen molar-refractivity contribution in [1.29, 1.82) is 0 Å². The van der Waals surface area contributed by atoms with E-state index in [1.165, 1.54) is 17.1 Å². The van der Waals surface area contributed by atoms with E-state index >= 15 is 0 Å². The second-order valence-electron chi connectivity index (χ2n) is 6.58. The minimum Gasteiger partial charge on any atom is -0.322 e. The molecule has 2 aromatic carbocycles. The molecule has 0 spiro atoms. The molecule has 3 aromatic rings. The van der Waals surface area contributed by atoms with E-state index in [9.17, 15) is 4.79 Å². The number of rotatable bonds is 4. The number of fused-ring (bicyclic) bond motifs is 1. The van der Waals surface area contributed by atoms with Crippen LogP contribution >= 0.6 is 23.4 Å². The quantitative estimate of drug-likeness (QED) is 0.649. The van der Waals surface area contributed by atoms with E-state index in [0.717, 1.165) is 36.2 Å². The average Bonchev–Trinajstić information content (AvgIpc) is 2.68. The zero-order valence-electron chi connectivity index (χ0n) is 14.8. The number of thioether (sulfide) groups is 1. The first-order chi connectivity index (χ1) is 13.2. The molecule has 0 atom stereocenters. The van der Waals surface area contributed by atoms with Crippen molar-refractivity contribution in [2.45, 2.75) is 6.54 Å². The Bertz CT molecular complexity index is 973. The number of nitrogens with one attached hydrogen (secondary N) is 1. The number of halogens is 1. The standard InChI is InChI=1S/C21H20ClN3OS/c22-20-7-5-16-13-17(4-6-19(16)24-20)21(26)23-18-3-1-2-15(12-18)14-25-8-10-27-11-9-25/h1-7,12-13H,8-11,14H2,(H,23,26). The van der Waals surface area contributed by atoms with Crippen LogP contribution in [-0.4, -0.2) is 40.4 Å². The van der Waals surface area contributed by atoms with Gasteiger partial charge in [0.2, 0.25) is 0 Å². The highest BCUT2D eigenvalue weighted by Crippen LogP contribution is 2.19. The molecule has 1 fully saturated rings. The van der Waals surface area contributed by atoms with Gasteiger partial charge in [-0.05, 0) is 48.0 Å². The Morgan fingerprint density at radius 2 is 1.96 bits per heavy atom. The zero-order chi connectivity index (χ0) is 18.6. The topological polar surface area (TPSA) is 45.2 Å². The van der Waals surface area contributed by atoms with Crippen molar-refractivity contribution in [3.8, 4) is 0 Å². The van der Waals surface area contributed by atoms with Gasteiger partial charge in [0, 0.05) is 47.8 Å². The summed E-state index contributed by atoms with van der Waals surface area (Å²) >= 11 is 7.93. The molecule has 1 aliphatic rings. The van der Waals surface area contributed by atoms with Gasteiger partial charge in [-0.1, -0.05) is 23.7 Å². The fraction of sp³-hybridized carbons (Fsp3) is 0.238. The minimum atomic E-state index is -0.127. The normalized spacial score (nSPS) is 15.0. The molecule has 2 heterocycles. The van der Waals surface area contributed by atoms with Gasteiger partial charge in [0.15, 0.2) is 0 Å². The Balaban J connectivity index is 1.47. The van der Waals surface area contributed by atoms with E-state index in [1.54, 1.807) is 12.1 Å². The molecule has 0 radical (unpaired) electrons. The third-order valence-corrected chi connectivity index (χ3v) is 5.77. The lowest BCUT2D eigenvalue weighted by Crippen LogP contribution is -2.31. The van der Waals surface area contributed by atoms with E-state index < -0.39 is 0 Å². The number of aromatic nitrogens is 1. The minimum absolute atomic E-state index is 0.127. The van der Waals surface area contributed by atoms with Crippen LogP contribution in [0.4, 0.5) is 5.69 Å². The summed E-state index contributed by atoms with van der Waals surface area (Å²) in [6.45, 7) is 3.17. The Kier molecular flexibility index (Phi) is 5.62. The van der Waals surface area contributed by atoms with Gasteiger partial charge >= 0.3 is 0 Å². The van der Waals surface area contributed by atoms with Gasteiger partial charge in [-0.15, -0.1) is 0 Å². The first kappa shape index (κ1) is 18.3. The summed E-state index contributed by atoms with van der Waals surface area (Å²) in [5, 5.41) is 4.34. The number of carbonyl (C=O) groups excluding carboxylic acids is 1. The van der Waals surface area contributed by atoms with Crippen molar-refractivity contribution in [3.05, 3.63) is 70.9 Å². The molecule has 1 aromatic heterocycles. The largest absolute Gasteiger partial charge is 0.322 e. The zero-order valence-corrected chi connectivity index (χ0v) is 16.4. The lowest BCUT2D eigenvalue weighted by Gasteiger charge is -2.26. The molecule has 0 aliphatic carbocycles. The highest BCUT2D eigenvalue weighted by atomic mass is 35.5. The highest BCUT2D eigenvalue weighted by Gasteiger charge is 2.12. The summed E-state index contributed by atoms with van der Waals surface area (Å²) < 4.78 is 0. The highest BCUT2D eigenvalue weighted by molar-refractivity contribution is 7.99. The summed E-state index contributed by atoms with van der Waals surface area (Å²) in [4.78, 5) is 19.4. The van der Waals surface area contributed by atoms with E-state index in [2.05, 4.69) is 27.3 Å². The molecule has 27 heavy (non-hydrogen) atoms. The van der Waals surface area contributed by atoms with E-state index in [1.807, 2.05) is 42.1 Å². The van der Waals surface area contributed by atoms with Gasteiger partial charge in [0.25, 0.3) is 5.91 Å². The summed E-state index contributed by atoms with van der Waals surface area (Å²) in [6.07, 6.45) is 0. The third-order valence-electron chi connectivity index (χ3n) is 4.61. The molecule has 1 amide bonds. The number of hydrogen-bond donors (Lipinski definition) is 1. The SMILES string of the molecule is O=C(Nc1cccc(CN2CCSCC2)c1)c1ccc2nc(Cl)ccc2c1. The first-order valence-electron chi connectivity index (χ1n) is 8.94. The fourth-order valence-electron chi connectivity index (χ4n) is 3.21. The van der Waals surface area contributed by atoms with Crippen LogP contribution in [0, 0.1) is 0 Å². The monoisotopic (exact) mass is 397 g/mol. The number of amides is 1.